The van der Waals surface area contributed by atoms with E-state index >= 15 is 0 Å². The Hall–Kier alpha value is -1.18. The van der Waals surface area contributed by atoms with Crippen LogP contribution in [0, 0.1) is 16.0 Å². The van der Waals surface area contributed by atoms with Crippen LogP contribution in [0.4, 0.5) is 0 Å². The van der Waals surface area contributed by atoms with Crippen LogP contribution in [0.2, 0.25) is 0 Å². The number of hydrogen-bond donors (Lipinski definition) is 1. The van der Waals surface area contributed by atoms with Gasteiger partial charge in [0.2, 0.25) is 0 Å². The van der Waals surface area contributed by atoms with Crippen molar-refractivity contribution in [1.82, 2.24) is 0 Å². The molecule has 0 aromatic heterocycles. The Labute approximate surface area is 136 Å². The Morgan fingerprint density at radius 3 is 2.43 bits per heavy atom. The summed E-state index contributed by atoms with van der Waals surface area (Å²) < 4.78 is 6.14. The van der Waals surface area contributed by atoms with E-state index in [0.29, 0.717) is 12.4 Å². The van der Waals surface area contributed by atoms with Gasteiger partial charge in [-0.25, -0.2) is 4.89 Å². The summed E-state index contributed by atoms with van der Waals surface area (Å²) in [6.45, 7) is 11.1. The van der Waals surface area contributed by atoms with Crippen molar-refractivity contribution < 1.29 is 24.6 Å². The van der Waals surface area contributed by atoms with Crippen LogP contribution < -0.4 is 10.1 Å². The van der Waals surface area contributed by atoms with Gasteiger partial charge in [0.05, 0.1) is 6.61 Å². The van der Waals surface area contributed by atoms with E-state index in [1.165, 1.54) is 7.05 Å². The molecule has 1 aromatic rings. The molecule has 3 rings (SSSR count). The molecule has 128 valence electrons. The molecule has 2 fully saturated rings. The first-order valence-electron chi connectivity index (χ1n) is 7.86. The molecular formula is C17H25NO5. The fourth-order valence-corrected chi connectivity index (χ4v) is 4.17. The minimum absolute atomic E-state index is 0.220. The molecule has 2 saturated heterocycles. The molecule has 1 aromatic carbocycles. The SMILES string of the molecule is C[NH+]([O-])Oc1cccc(C23OCC(C)(C)C2(C(C)(C)C)OO3)c1. The lowest BCUT2D eigenvalue weighted by Crippen LogP contribution is -3.06. The normalized spacial score (nSPS) is 33.7. The first kappa shape index (κ1) is 16.7. The summed E-state index contributed by atoms with van der Waals surface area (Å²) in [4.78, 5) is 16.6. The van der Waals surface area contributed by atoms with Gasteiger partial charge in [0.15, 0.2) is 11.4 Å². The van der Waals surface area contributed by atoms with Gasteiger partial charge in [0.1, 0.15) is 7.05 Å². The van der Waals surface area contributed by atoms with E-state index in [9.17, 15) is 5.21 Å². The van der Waals surface area contributed by atoms with Gasteiger partial charge < -0.3 is 14.8 Å². The van der Waals surface area contributed by atoms with E-state index in [1.807, 2.05) is 12.1 Å². The van der Waals surface area contributed by atoms with Gasteiger partial charge in [-0.1, -0.05) is 46.8 Å². The first-order valence-corrected chi connectivity index (χ1v) is 7.86. The minimum Gasteiger partial charge on any atom is -0.591 e. The second-order valence-electron chi connectivity index (χ2n) is 8.01. The molecule has 6 nitrogen and oxygen atoms in total. The maximum atomic E-state index is 11.2. The topological polar surface area (TPSA) is 64.4 Å². The molecule has 0 aliphatic carbocycles. The maximum Gasteiger partial charge on any atom is 0.261 e. The Kier molecular flexibility index (Phi) is 3.56. The molecule has 2 aliphatic rings. The number of hydrogen-bond acceptors (Lipinski definition) is 5. The summed E-state index contributed by atoms with van der Waals surface area (Å²) in [5.74, 6) is -0.527. The van der Waals surface area contributed by atoms with Crippen molar-refractivity contribution in [2.45, 2.75) is 46.0 Å². The van der Waals surface area contributed by atoms with Crippen molar-refractivity contribution in [3.05, 3.63) is 35.0 Å². The third-order valence-electron chi connectivity index (χ3n) is 4.87. The summed E-state index contributed by atoms with van der Waals surface area (Å²) in [5, 5.41) is 10.9. The molecule has 0 radical (unpaired) electrons. The number of benzene rings is 1. The highest BCUT2D eigenvalue weighted by Crippen LogP contribution is 2.69. The van der Waals surface area contributed by atoms with E-state index in [2.05, 4.69) is 34.6 Å². The number of nitrogens with one attached hydrogen (secondary N) is 1. The number of quaternary nitrogens is 1. The van der Waals surface area contributed by atoms with Crippen LogP contribution >= 0.6 is 0 Å². The molecule has 23 heavy (non-hydrogen) atoms. The van der Waals surface area contributed by atoms with E-state index in [4.69, 9.17) is 19.3 Å². The van der Waals surface area contributed by atoms with E-state index in [-0.39, 0.29) is 16.1 Å². The quantitative estimate of drug-likeness (QED) is 0.680. The second-order valence-corrected chi connectivity index (χ2v) is 8.01. The van der Waals surface area contributed by atoms with Gasteiger partial charge in [-0.2, -0.15) is 10.1 Å². The van der Waals surface area contributed by atoms with Crippen LogP contribution in [-0.4, -0.2) is 19.3 Å². The van der Waals surface area contributed by atoms with Gasteiger partial charge in [-0.15, -0.1) is 0 Å². The third kappa shape index (κ3) is 2.06. The van der Waals surface area contributed by atoms with Gasteiger partial charge in [0.25, 0.3) is 5.79 Å². The zero-order valence-electron chi connectivity index (χ0n) is 14.6. The Bertz CT molecular complexity index is 609. The second kappa shape index (κ2) is 4.91. The summed E-state index contributed by atoms with van der Waals surface area (Å²) in [7, 11) is 1.38. The smallest absolute Gasteiger partial charge is 0.261 e. The monoisotopic (exact) mass is 323 g/mol. The highest BCUT2D eigenvalue weighted by atomic mass is 17.3. The molecule has 1 N–H and O–H groups in total. The van der Waals surface area contributed by atoms with Crippen molar-refractivity contribution in [2.75, 3.05) is 13.7 Å². The standard InChI is InChI=1S/C17H25NO5/c1-14(2,3)17-15(4,5)11-20-16(17,22-23-17)12-8-7-9-13(10-12)21-18(6)19/h7-10,18H,11H2,1-6H3. The molecule has 0 amide bonds. The summed E-state index contributed by atoms with van der Waals surface area (Å²) in [5.41, 5.74) is -0.297. The Morgan fingerprint density at radius 2 is 1.91 bits per heavy atom. The lowest BCUT2D eigenvalue weighted by Gasteiger charge is -2.61. The molecule has 2 aliphatic heterocycles. The predicted octanol–water partition coefficient (Wildman–Crippen LogP) is 1.95. The zero-order valence-corrected chi connectivity index (χ0v) is 14.6. The first-order chi connectivity index (χ1) is 10.6. The summed E-state index contributed by atoms with van der Waals surface area (Å²) in [6, 6.07) is 7.26. The average molecular weight is 323 g/mol. The van der Waals surface area contributed by atoms with E-state index in [1.54, 1.807) is 12.1 Å². The summed E-state index contributed by atoms with van der Waals surface area (Å²) in [6.07, 6.45) is 0. The maximum absolute atomic E-state index is 11.2. The van der Waals surface area contributed by atoms with Crippen LogP contribution in [0.1, 0.15) is 40.2 Å². The van der Waals surface area contributed by atoms with Crippen LogP contribution in [0.5, 0.6) is 5.75 Å². The number of hydroxylamine groups is 2. The largest absolute Gasteiger partial charge is 0.591 e. The van der Waals surface area contributed by atoms with Crippen molar-refractivity contribution >= 4 is 0 Å². The molecular weight excluding hydrogens is 298 g/mol. The van der Waals surface area contributed by atoms with Gasteiger partial charge in [0, 0.05) is 16.4 Å². The molecule has 0 bridgehead atoms. The molecule has 2 heterocycles. The molecule has 3 unspecified atom stereocenters. The zero-order chi connectivity index (χ0) is 17.1. The highest BCUT2D eigenvalue weighted by Gasteiger charge is 2.81. The van der Waals surface area contributed by atoms with Crippen LogP contribution in [0.15, 0.2) is 24.3 Å². The van der Waals surface area contributed by atoms with Crippen molar-refractivity contribution in [3.63, 3.8) is 0 Å². The van der Waals surface area contributed by atoms with Crippen LogP contribution in [0.25, 0.3) is 0 Å². The predicted molar refractivity (Wildman–Crippen MR) is 83.1 cm³/mol. The van der Waals surface area contributed by atoms with Crippen molar-refractivity contribution in [1.29, 1.82) is 0 Å². The molecule has 0 spiro atoms. The van der Waals surface area contributed by atoms with Gasteiger partial charge in [-0.3, -0.25) is 0 Å². The fourth-order valence-electron chi connectivity index (χ4n) is 4.17. The van der Waals surface area contributed by atoms with Crippen LogP contribution in [-0.2, 0) is 20.3 Å². The minimum atomic E-state index is -0.995. The average Bonchev–Trinajstić information content (AvgIpc) is 2.51. The van der Waals surface area contributed by atoms with E-state index in [0.717, 1.165) is 5.56 Å². The lowest BCUT2D eigenvalue weighted by molar-refractivity contribution is -1.00. The molecule has 3 atom stereocenters. The van der Waals surface area contributed by atoms with Crippen molar-refractivity contribution in [3.8, 4) is 5.75 Å². The number of fused-ring (bicyclic) bond motifs is 1. The third-order valence-corrected chi connectivity index (χ3v) is 4.87. The fraction of sp³-hybridized carbons (Fsp3) is 0.647. The lowest BCUT2D eigenvalue weighted by atomic mass is 9.57. The van der Waals surface area contributed by atoms with Gasteiger partial charge in [-0.05, 0) is 12.1 Å². The van der Waals surface area contributed by atoms with Crippen LogP contribution in [0.3, 0.4) is 0 Å². The number of rotatable bonds is 3. The van der Waals surface area contributed by atoms with Crippen molar-refractivity contribution in [2.24, 2.45) is 10.8 Å². The van der Waals surface area contributed by atoms with Gasteiger partial charge >= 0.3 is 0 Å². The molecule has 6 heteroatoms. The van der Waals surface area contributed by atoms with E-state index < -0.39 is 11.4 Å². The highest BCUT2D eigenvalue weighted by molar-refractivity contribution is 5.37. The number of ether oxygens (including phenoxy) is 1. The Morgan fingerprint density at radius 1 is 1.22 bits per heavy atom. The summed E-state index contributed by atoms with van der Waals surface area (Å²) >= 11 is 0. The molecule has 0 saturated carbocycles. The Balaban J connectivity index is 2.09.